The molecule has 0 unspecified atom stereocenters. The number of thioether (sulfide) groups is 2. The van der Waals surface area contributed by atoms with E-state index in [0.717, 1.165) is 12.8 Å². The zero-order chi connectivity index (χ0) is 26.7. The molecule has 2 atom stereocenters. The predicted octanol–water partition coefficient (Wildman–Crippen LogP) is 7.09. The van der Waals surface area contributed by atoms with Gasteiger partial charge in [0.1, 0.15) is 0 Å². The molecular weight excluding hydrogens is 513 g/mol. The molecule has 2 saturated heterocycles. The van der Waals surface area contributed by atoms with Crippen LogP contribution < -0.4 is 10.4 Å². The van der Waals surface area contributed by atoms with E-state index in [1.165, 1.54) is 28.3 Å². The van der Waals surface area contributed by atoms with Crippen molar-refractivity contribution in [2.75, 3.05) is 18.1 Å². The minimum Gasteiger partial charge on any atom is -0.407 e. The first-order valence-corrected chi connectivity index (χ1v) is 17.8. The van der Waals surface area contributed by atoms with Crippen molar-refractivity contribution < 1.29 is 13.9 Å². The van der Waals surface area contributed by atoms with Crippen LogP contribution in [0.15, 0.2) is 60.7 Å². The van der Waals surface area contributed by atoms with Crippen molar-refractivity contribution in [3.8, 4) is 0 Å². The van der Waals surface area contributed by atoms with Gasteiger partial charge in [-0.2, -0.15) is 0 Å². The summed E-state index contributed by atoms with van der Waals surface area (Å²) in [4.78, 5) is 0. The van der Waals surface area contributed by atoms with Crippen molar-refractivity contribution in [1.29, 1.82) is 0 Å². The molecule has 0 bridgehead atoms. The Labute approximate surface area is 235 Å². The van der Waals surface area contributed by atoms with Crippen molar-refractivity contribution in [2.45, 2.75) is 95.3 Å². The summed E-state index contributed by atoms with van der Waals surface area (Å²) < 4.78 is 20.8. The van der Waals surface area contributed by atoms with E-state index < -0.39 is 14.1 Å². The minimum absolute atomic E-state index is 0.0224. The van der Waals surface area contributed by atoms with Crippen LogP contribution in [0.4, 0.5) is 0 Å². The monoisotopic (exact) mass is 558 g/mol. The second-order valence-corrected chi connectivity index (χ2v) is 19.6. The van der Waals surface area contributed by atoms with E-state index in [-0.39, 0.29) is 22.7 Å². The molecule has 2 heterocycles. The van der Waals surface area contributed by atoms with Crippen LogP contribution in [0.3, 0.4) is 0 Å². The molecule has 0 saturated carbocycles. The van der Waals surface area contributed by atoms with E-state index >= 15 is 0 Å². The average Bonchev–Trinajstić information content (AvgIpc) is 2.86. The van der Waals surface area contributed by atoms with Gasteiger partial charge in [0, 0.05) is 18.4 Å². The summed E-state index contributed by atoms with van der Waals surface area (Å²) in [5.41, 5.74) is 0.0773. The molecule has 0 N–H and O–H groups in total. The minimum atomic E-state index is -2.54. The number of rotatable bonds is 8. The number of benzene rings is 2. The Kier molecular flexibility index (Phi) is 9.30. The summed E-state index contributed by atoms with van der Waals surface area (Å²) in [6.07, 6.45) is 3.37. The van der Waals surface area contributed by atoms with E-state index in [1.807, 2.05) is 0 Å². The van der Waals surface area contributed by atoms with Gasteiger partial charge in [0.05, 0.1) is 16.8 Å². The van der Waals surface area contributed by atoms with Gasteiger partial charge in [-0.15, -0.1) is 23.5 Å². The van der Waals surface area contributed by atoms with E-state index in [2.05, 4.69) is 133 Å². The Balaban J connectivity index is 1.54. The quantitative estimate of drug-likeness (QED) is 0.323. The van der Waals surface area contributed by atoms with Crippen LogP contribution in [0.5, 0.6) is 0 Å². The van der Waals surface area contributed by atoms with Crippen molar-refractivity contribution in [3.05, 3.63) is 60.7 Å². The summed E-state index contributed by atoms with van der Waals surface area (Å²) >= 11 is 4.21. The van der Waals surface area contributed by atoms with Crippen LogP contribution in [0.2, 0.25) is 5.04 Å². The molecule has 3 nitrogen and oxygen atoms in total. The zero-order valence-electron chi connectivity index (χ0n) is 23.8. The summed E-state index contributed by atoms with van der Waals surface area (Å²) in [6.45, 7) is 16.6. The molecule has 37 heavy (non-hydrogen) atoms. The van der Waals surface area contributed by atoms with Crippen LogP contribution in [0, 0.1) is 5.41 Å². The molecule has 2 aliphatic heterocycles. The number of ether oxygens (including phenoxy) is 2. The molecule has 0 aliphatic carbocycles. The molecule has 2 aromatic rings. The molecule has 0 spiro atoms. The van der Waals surface area contributed by atoms with E-state index in [4.69, 9.17) is 13.9 Å². The molecular formula is C31H46O3S2Si. The molecule has 0 amide bonds. The van der Waals surface area contributed by atoms with Gasteiger partial charge >= 0.3 is 0 Å². The lowest BCUT2D eigenvalue weighted by atomic mass is 9.83. The molecule has 2 aromatic carbocycles. The summed E-state index contributed by atoms with van der Waals surface area (Å²) in [5.74, 6) is 1.92. The maximum atomic E-state index is 7.18. The first kappa shape index (κ1) is 29.2. The first-order chi connectivity index (χ1) is 17.5. The van der Waals surface area contributed by atoms with E-state index in [1.54, 1.807) is 0 Å². The van der Waals surface area contributed by atoms with Gasteiger partial charge in [0.25, 0.3) is 8.32 Å². The van der Waals surface area contributed by atoms with Gasteiger partial charge in [-0.05, 0) is 53.6 Å². The number of hydrogen-bond acceptors (Lipinski definition) is 5. The van der Waals surface area contributed by atoms with Crippen LogP contribution in [0.25, 0.3) is 0 Å². The van der Waals surface area contributed by atoms with Crippen LogP contribution in [-0.2, 0) is 13.9 Å². The second-order valence-electron chi connectivity index (χ2n) is 12.5. The maximum absolute atomic E-state index is 7.18. The standard InChI is InChI=1S/C31H46O3S2Si/c1-29(2,3)37(25-15-10-8-11-16-25,26-17-12-9-13-18-26)32-20-19-24-23-27(34-31(6,7)33-24)30(4,5)28-35-21-14-22-36-28/h8-13,15-18,24,27-28H,14,19-23H2,1-7H3/t24-,27+/m1/s1. The van der Waals surface area contributed by atoms with Crippen molar-refractivity contribution in [2.24, 2.45) is 5.41 Å². The average molecular weight is 559 g/mol. The fourth-order valence-corrected chi connectivity index (χ4v) is 13.9. The Bertz CT molecular complexity index is 945. The van der Waals surface area contributed by atoms with Crippen LogP contribution in [-0.4, -0.2) is 49.0 Å². The lowest BCUT2D eigenvalue weighted by Gasteiger charge is -2.49. The highest BCUT2D eigenvalue weighted by atomic mass is 32.2. The van der Waals surface area contributed by atoms with E-state index in [0.29, 0.717) is 11.2 Å². The Morgan fingerprint density at radius 2 is 1.41 bits per heavy atom. The van der Waals surface area contributed by atoms with Crippen molar-refractivity contribution in [1.82, 2.24) is 0 Å². The zero-order valence-corrected chi connectivity index (χ0v) is 26.4. The fraction of sp³-hybridized carbons (Fsp3) is 0.613. The molecule has 0 radical (unpaired) electrons. The third-order valence-electron chi connectivity index (χ3n) is 7.79. The fourth-order valence-electron chi connectivity index (χ4n) is 5.91. The van der Waals surface area contributed by atoms with Crippen molar-refractivity contribution >= 4 is 42.2 Å². The van der Waals surface area contributed by atoms with Crippen molar-refractivity contribution in [3.63, 3.8) is 0 Å². The molecule has 0 aromatic heterocycles. The Hall–Kier alpha value is -0.763. The summed E-state index contributed by atoms with van der Waals surface area (Å²) in [6, 6.07) is 21.8. The molecule has 2 aliphatic rings. The molecule has 4 rings (SSSR count). The van der Waals surface area contributed by atoms with Gasteiger partial charge in [0.2, 0.25) is 0 Å². The lowest BCUT2D eigenvalue weighted by Crippen LogP contribution is -2.66. The normalized spacial score (nSPS) is 23.6. The molecule has 6 heteroatoms. The summed E-state index contributed by atoms with van der Waals surface area (Å²) in [7, 11) is -2.54. The van der Waals surface area contributed by atoms with Gasteiger partial charge in [-0.1, -0.05) is 95.3 Å². The van der Waals surface area contributed by atoms with Gasteiger partial charge in [-0.3, -0.25) is 0 Å². The SMILES string of the molecule is CC1(C)O[C@H](CCO[Si](c2ccccc2)(c2ccccc2)C(C)(C)C)C[C@@H](C(C)(C)C2SCCCS2)O1. The van der Waals surface area contributed by atoms with Gasteiger partial charge in [0.15, 0.2) is 5.79 Å². The Morgan fingerprint density at radius 3 is 1.92 bits per heavy atom. The predicted molar refractivity (Wildman–Crippen MR) is 164 cm³/mol. The highest BCUT2D eigenvalue weighted by molar-refractivity contribution is 8.17. The Morgan fingerprint density at radius 1 is 0.865 bits per heavy atom. The topological polar surface area (TPSA) is 27.7 Å². The third-order valence-corrected chi connectivity index (χ3v) is 16.5. The van der Waals surface area contributed by atoms with Crippen LogP contribution in [0.1, 0.15) is 67.7 Å². The van der Waals surface area contributed by atoms with E-state index in [9.17, 15) is 0 Å². The van der Waals surface area contributed by atoms with Crippen LogP contribution >= 0.6 is 23.5 Å². The maximum Gasteiger partial charge on any atom is 0.261 e. The largest absolute Gasteiger partial charge is 0.407 e. The van der Waals surface area contributed by atoms with Gasteiger partial charge < -0.3 is 13.9 Å². The number of hydrogen-bond donors (Lipinski definition) is 0. The highest BCUT2D eigenvalue weighted by Crippen LogP contribution is 2.49. The second kappa shape index (κ2) is 11.8. The molecule has 2 fully saturated rings. The molecule has 204 valence electrons. The van der Waals surface area contributed by atoms with Gasteiger partial charge in [-0.25, -0.2) is 0 Å². The first-order valence-electron chi connectivity index (χ1n) is 13.8. The summed E-state index contributed by atoms with van der Waals surface area (Å²) in [5, 5.41) is 2.63. The smallest absolute Gasteiger partial charge is 0.261 e. The lowest BCUT2D eigenvalue weighted by molar-refractivity contribution is -0.316. The third kappa shape index (κ3) is 6.53. The highest BCUT2D eigenvalue weighted by Gasteiger charge is 2.51.